The molecule has 1 fully saturated rings. The van der Waals surface area contributed by atoms with Crippen LogP contribution in [0.1, 0.15) is 44.4 Å². The number of amides is 1. The molecule has 0 bridgehead atoms. The molecule has 2 N–H and O–H groups in total. The van der Waals surface area contributed by atoms with Gasteiger partial charge in [-0.1, -0.05) is 42.5 Å². The monoisotopic (exact) mass is 493 g/mol. The molecule has 0 radical (unpaired) electrons. The molecular formula is C27H32BNO7. The van der Waals surface area contributed by atoms with E-state index >= 15 is 0 Å². The van der Waals surface area contributed by atoms with Crippen molar-refractivity contribution in [3.63, 3.8) is 0 Å². The molecule has 0 saturated carbocycles. The second-order valence-corrected chi connectivity index (χ2v) is 9.40. The fourth-order valence-electron chi connectivity index (χ4n) is 3.49. The third-order valence-electron chi connectivity index (χ3n) is 6.22. The first kappa shape index (κ1) is 27.0. The second kappa shape index (κ2) is 11.5. The van der Waals surface area contributed by atoms with E-state index < -0.39 is 30.4 Å². The molecule has 0 atom stereocenters. The van der Waals surface area contributed by atoms with Gasteiger partial charge in [-0.2, -0.15) is 0 Å². The molecule has 2 aromatic rings. The van der Waals surface area contributed by atoms with Gasteiger partial charge >= 0.3 is 19.2 Å². The molecular weight excluding hydrogens is 461 g/mol. The van der Waals surface area contributed by atoms with Crippen LogP contribution in [-0.4, -0.2) is 49.1 Å². The summed E-state index contributed by atoms with van der Waals surface area (Å²) in [4.78, 5) is 23.4. The zero-order valence-corrected chi connectivity index (χ0v) is 21.2. The lowest BCUT2D eigenvalue weighted by Crippen LogP contribution is -2.41. The fraction of sp³-hybridized carbons (Fsp3) is 0.333. The molecule has 0 aliphatic carbocycles. The zero-order chi connectivity index (χ0) is 26.3. The number of rotatable bonds is 9. The van der Waals surface area contributed by atoms with E-state index in [1.54, 1.807) is 12.1 Å². The van der Waals surface area contributed by atoms with Crippen molar-refractivity contribution >= 4 is 31.3 Å². The SMILES string of the molecule is COc1ccc(C=C(CNC(=O)OCc2ccccc2)B2OC(C)(C)C(C)(C)O2)cc1/C=C/C(=O)O. The molecule has 1 saturated heterocycles. The molecule has 2 aromatic carbocycles. The number of carboxylic acids is 1. The number of hydrogen-bond donors (Lipinski definition) is 2. The molecule has 1 heterocycles. The third-order valence-corrected chi connectivity index (χ3v) is 6.22. The van der Waals surface area contributed by atoms with Gasteiger partial charge in [0, 0.05) is 18.2 Å². The van der Waals surface area contributed by atoms with Gasteiger partial charge in [0.05, 0.1) is 18.3 Å². The number of carbonyl (C=O) groups excluding carboxylic acids is 1. The summed E-state index contributed by atoms with van der Waals surface area (Å²) in [6.45, 7) is 8.09. The summed E-state index contributed by atoms with van der Waals surface area (Å²) in [5.74, 6) is -0.529. The highest BCUT2D eigenvalue weighted by Gasteiger charge is 2.52. The van der Waals surface area contributed by atoms with E-state index in [9.17, 15) is 9.59 Å². The Labute approximate surface area is 212 Å². The van der Waals surface area contributed by atoms with E-state index in [4.69, 9.17) is 23.9 Å². The summed E-state index contributed by atoms with van der Waals surface area (Å²) < 4.78 is 23.1. The Kier molecular flexibility index (Phi) is 8.60. The first-order valence-electron chi connectivity index (χ1n) is 11.6. The number of carbonyl (C=O) groups is 2. The van der Waals surface area contributed by atoms with Crippen molar-refractivity contribution in [3.05, 3.63) is 76.8 Å². The largest absolute Gasteiger partial charge is 0.496 e. The summed E-state index contributed by atoms with van der Waals surface area (Å²) >= 11 is 0. The number of methoxy groups -OCH3 is 1. The zero-order valence-electron chi connectivity index (χ0n) is 21.2. The molecule has 0 spiro atoms. The Morgan fingerprint density at radius 2 is 1.72 bits per heavy atom. The average molecular weight is 493 g/mol. The van der Waals surface area contributed by atoms with Crippen molar-refractivity contribution < 1.29 is 33.5 Å². The van der Waals surface area contributed by atoms with E-state index in [-0.39, 0.29) is 13.2 Å². The van der Waals surface area contributed by atoms with Crippen LogP contribution in [-0.2, 0) is 25.4 Å². The Morgan fingerprint density at radius 3 is 2.33 bits per heavy atom. The van der Waals surface area contributed by atoms with Gasteiger partial charge in [-0.3, -0.25) is 0 Å². The quantitative estimate of drug-likeness (QED) is 0.384. The maximum absolute atomic E-state index is 12.4. The van der Waals surface area contributed by atoms with Gasteiger partial charge in [0.25, 0.3) is 0 Å². The maximum atomic E-state index is 12.4. The van der Waals surface area contributed by atoms with Gasteiger partial charge in [-0.15, -0.1) is 0 Å². The van der Waals surface area contributed by atoms with Crippen LogP contribution in [0.25, 0.3) is 12.2 Å². The molecule has 0 unspecified atom stereocenters. The standard InChI is InChI=1S/C27H32BNO7/c1-26(2)27(3,4)36-28(35-26)22(17-29-25(32)34-18-19-9-7-6-8-10-19)16-20-11-13-23(33-5)21(15-20)12-14-24(30)31/h6-16H,17-18H2,1-5H3,(H,29,32)(H,30,31)/b14-12+,22-16?. The molecule has 0 aromatic heterocycles. The van der Waals surface area contributed by atoms with Crippen LogP contribution >= 0.6 is 0 Å². The number of nitrogens with one attached hydrogen (secondary N) is 1. The van der Waals surface area contributed by atoms with E-state index in [1.165, 1.54) is 13.2 Å². The number of carboxylic acid groups (broad SMARTS) is 1. The summed E-state index contributed by atoms with van der Waals surface area (Å²) in [5, 5.41) is 11.8. The van der Waals surface area contributed by atoms with Gasteiger partial charge in [0.15, 0.2) is 0 Å². The summed E-state index contributed by atoms with van der Waals surface area (Å²) in [7, 11) is 0.813. The smallest absolute Gasteiger partial charge is 0.492 e. The molecule has 1 aliphatic heterocycles. The summed E-state index contributed by atoms with van der Waals surface area (Å²) in [6.07, 6.45) is 3.79. The van der Waals surface area contributed by atoms with Crippen molar-refractivity contribution in [3.8, 4) is 5.75 Å². The van der Waals surface area contributed by atoms with Crippen molar-refractivity contribution in [1.82, 2.24) is 5.32 Å². The molecule has 1 aliphatic rings. The topological polar surface area (TPSA) is 103 Å². The molecule has 190 valence electrons. The third kappa shape index (κ3) is 6.99. The Balaban J connectivity index is 1.83. The lowest BCUT2D eigenvalue weighted by Gasteiger charge is -2.32. The number of benzene rings is 2. The van der Waals surface area contributed by atoms with Gasteiger partial charge in [-0.25, -0.2) is 9.59 Å². The normalized spacial score (nSPS) is 16.7. The fourth-order valence-corrected chi connectivity index (χ4v) is 3.49. The van der Waals surface area contributed by atoms with Crippen LogP contribution in [0.15, 0.2) is 60.1 Å². The van der Waals surface area contributed by atoms with E-state index in [0.29, 0.717) is 16.8 Å². The molecule has 8 nitrogen and oxygen atoms in total. The summed E-state index contributed by atoms with van der Waals surface area (Å²) in [6, 6.07) is 14.8. The van der Waals surface area contributed by atoms with Crippen LogP contribution in [0.2, 0.25) is 0 Å². The molecule has 1 amide bonds. The first-order valence-corrected chi connectivity index (χ1v) is 11.6. The Hall–Kier alpha value is -3.56. The number of hydrogen-bond acceptors (Lipinski definition) is 6. The minimum Gasteiger partial charge on any atom is -0.496 e. The number of alkyl carbamates (subject to hydrolysis) is 1. The van der Waals surface area contributed by atoms with Crippen LogP contribution in [0, 0.1) is 0 Å². The molecule has 3 rings (SSSR count). The maximum Gasteiger partial charge on any atom is 0.492 e. The highest BCUT2D eigenvalue weighted by molar-refractivity contribution is 6.56. The van der Waals surface area contributed by atoms with E-state index in [2.05, 4.69) is 5.32 Å². The van der Waals surface area contributed by atoms with Crippen LogP contribution in [0.5, 0.6) is 5.75 Å². The van der Waals surface area contributed by atoms with Gasteiger partial charge in [0.2, 0.25) is 0 Å². The average Bonchev–Trinajstić information content (AvgIpc) is 3.06. The van der Waals surface area contributed by atoms with E-state index in [1.807, 2.05) is 70.2 Å². The molecule has 36 heavy (non-hydrogen) atoms. The van der Waals surface area contributed by atoms with Crippen LogP contribution in [0.3, 0.4) is 0 Å². The van der Waals surface area contributed by atoms with Crippen molar-refractivity contribution in [2.24, 2.45) is 0 Å². The number of ether oxygens (including phenoxy) is 2. The summed E-state index contributed by atoms with van der Waals surface area (Å²) in [5.41, 5.74) is 1.76. The lowest BCUT2D eigenvalue weighted by atomic mass is 9.77. The number of aliphatic carboxylic acids is 1. The molecule has 9 heteroatoms. The highest BCUT2D eigenvalue weighted by atomic mass is 16.7. The minimum absolute atomic E-state index is 0.122. The predicted molar refractivity (Wildman–Crippen MR) is 138 cm³/mol. The van der Waals surface area contributed by atoms with Crippen molar-refractivity contribution in [2.45, 2.75) is 45.5 Å². The Bertz CT molecular complexity index is 1130. The van der Waals surface area contributed by atoms with Crippen molar-refractivity contribution in [1.29, 1.82) is 0 Å². The van der Waals surface area contributed by atoms with Gasteiger partial charge in [-0.05, 0) is 62.5 Å². The highest BCUT2D eigenvalue weighted by Crippen LogP contribution is 2.39. The second-order valence-electron chi connectivity index (χ2n) is 9.40. The van der Waals surface area contributed by atoms with E-state index in [0.717, 1.165) is 17.2 Å². The van der Waals surface area contributed by atoms with Crippen LogP contribution < -0.4 is 10.1 Å². The predicted octanol–water partition coefficient (Wildman–Crippen LogP) is 4.73. The van der Waals surface area contributed by atoms with Gasteiger partial charge in [0.1, 0.15) is 12.4 Å². The Morgan fingerprint density at radius 1 is 1.06 bits per heavy atom. The van der Waals surface area contributed by atoms with Crippen molar-refractivity contribution in [2.75, 3.05) is 13.7 Å². The first-order chi connectivity index (χ1) is 17.0. The lowest BCUT2D eigenvalue weighted by molar-refractivity contribution is -0.131. The minimum atomic E-state index is -1.06. The van der Waals surface area contributed by atoms with Gasteiger partial charge < -0.3 is 29.2 Å². The van der Waals surface area contributed by atoms with Crippen LogP contribution in [0.4, 0.5) is 4.79 Å².